The van der Waals surface area contributed by atoms with E-state index in [-0.39, 0.29) is 75.4 Å². The van der Waals surface area contributed by atoms with Gasteiger partial charge in [0.05, 0.1) is 13.2 Å². The molecule has 0 saturated heterocycles. The summed E-state index contributed by atoms with van der Waals surface area (Å²) < 4.78 is 20.2. The fourth-order valence-electron chi connectivity index (χ4n) is 3.48. The first kappa shape index (κ1) is 38.5. The van der Waals surface area contributed by atoms with Crippen LogP contribution in [-0.4, -0.2) is 118 Å². The third-order valence-electron chi connectivity index (χ3n) is 5.65. The van der Waals surface area contributed by atoms with E-state index < -0.39 is 35.9 Å². The predicted molar refractivity (Wildman–Crippen MR) is 162 cm³/mol. The van der Waals surface area contributed by atoms with Crippen molar-refractivity contribution in [2.24, 2.45) is 5.73 Å². The minimum absolute atomic E-state index is 0.00522. The van der Waals surface area contributed by atoms with E-state index in [0.29, 0.717) is 39.2 Å². The number of unbranched alkanes of at least 4 members (excludes halogenated alkanes) is 1. The molecule has 1 unspecified atom stereocenters. The maximum absolute atomic E-state index is 12.9. The summed E-state index contributed by atoms with van der Waals surface area (Å²) in [6.07, 6.45) is -0.184. The number of amides is 5. The average molecular weight is 643 g/mol. The number of alkyl carbamates (subject to hydrolysis) is 2. The first-order valence-electron chi connectivity index (χ1n) is 14.6. The van der Waals surface area contributed by atoms with Crippen LogP contribution in [0.25, 0.3) is 0 Å². The minimum atomic E-state index is -0.960. The normalized spacial score (nSPS) is 11.2. The summed E-state index contributed by atoms with van der Waals surface area (Å²) in [5.74, 6) is -2.51. The van der Waals surface area contributed by atoms with Gasteiger partial charge in [0.25, 0.3) is 11.8 Å². The molecule has 0 aliphatic heterocycles. The molecule has 1 atom stereocenters. The van der Waals surface area contributed by atoms with Gasteiger partial charge in [0.1, 0.15) is 19.3 Å². The highest BCUT2D eigenvalue weighted by atomic mass is 16.6. The van der Waals surface area contributed by atoms with Crippen molar-refractivity contribution >= 4 is 41.5 Å². The number of nitrogen functional groups attached to an aromatic ring is 2. The zero-order valence-corrected chi connectivity index (χ0v) is 25.8. The van der Waals surface area contributed by atoms with E-state index in [1.165, 1.54) is 0 Å². The lowest BCUT2D eigenvalue weighted by Crippen LogP contribution is -2.48. The molecule has 0 bridgehead atoms. The second-order valence-corrected chi connectivity index (χ2v) is 9.07. The molecule has 1 heterocycles. The standard InChI is InChI=1S/C26H46N10O9/c1-3-42-13-15-44-25(40)33-9-6-5-7-17(34-26(41)45-16-14-43-4-2)22(37)31-11-12-32-24(39)19-21(29)35-18(20(28)36-19)23(38)30-10-8-27/h17H,3-16,27H2,1-2H3,(H2,28,36)(H2,29,35)(H,30,38)(H,31,37)(H,32,39)(H,33,40)(H,34,41). The van der Waals surface area contributed by atoms with Gasteiger partial charge in [0.2, 0.25) is 5.91 Å². The number of hydrogen-bond donors (Lipinski definition) is 8. The quantitative estimate of drug-likeness (QED) is 0.0651. The second kappa shape index (κ2) is 23.0. The van der Waals surface area contributed by atoms with Gasteiger partial charge in [-0.25, -0.2) is 19.6 Å². The number of carbonyl (C=O) groups excluding carboxylic acids is 5. The molecule has 1 aromatic heterocycles. The Morgan fingerprint density at radius 2 is 1.22 bits per heavy atom. The van der Waals surface area contributed by atoms with E-state index in [9.17, 15) is 24.0 Å². The van der Waals surface area contributed by atoms with Crippen molar-refractivity contribution in [2.75, 3.05) is 83.8 Å². The average Bonchev–Trinajstić information content (AvgIpc) is 3.02. The lowest BCUT2D eigenvalue weighted by Gasteiger charge is -2.18. The number of nitrogens with two attached hydrogens (primary N) is 3. The van der Waals surface area contributed by atoms with E-state index in [1.807, 2.05) is 6.92 Å². The van der Waals surface area contributed by atoms with Crippen LogP contribution in [0, 0.1) is 0 Å². The van der Waals surface area contributed by atoms with Gasteiger partial charge >= 0.3 is 12.2 Å². The van der Waals surface area contributed by atoms with Gasteiger partial charge in [-0.2, -0.15) is 0 Å². The molecular formula is C26H46N10O9. The number of nitrogens with zero attached hydrogens (tertiary/aromatic N) is 2. The van der Waals surface area contributed by atoms with Crippen molar-refractivity contribution in [1.29, 1.82) is 0 Å². The number of anilines is 2. The van der Waals surface area contributed by atoms with E-state index in [0.717, 1.165) is 0 Å². The highest BCUT2D eigenvalue weighted by molar-refractivity contribution is 6.00. The van der Waals surface area contributed by atoms with Crippen LogP contribution < -0.4 is 43.8 Å². The molecule has 0 aromatic carbocycles. The predicted octanol–water partition coefficient (Wildman–Crippen LogP) is -1.76. The van der Waals surface area contributed by atoms with Gasteiger partial charge in [-0.1, -0.05) is 0 Å². The first-order chi connectivity index (χ1) is 21.6. The van der Waals surface area contributed by atoms with Crippen LogP contribution in [-0.2, 0) is 23.7 Å². The topological polar surface area (TPSA) is 286 Å². The molecule has 0 saturated carbocycles. The molecule has 0 spiro atoms. The van der Waals surface area contributed by atoms with Crippen LogP contribution in [0.1, 0.15) is 54.1 Å². The highest BCUT2D eigenvalue weighted by Gasteiger charge is 2.22. The first-order valence-corrected chi connectivity index (χ1v) is 14.6. The van der Waals surface area contributed by atoms with Crippen molar-refractivity contribution < 1.29 is 42.9 Å². The third kappa shape index (κ3) is 16.2. The highest BCUT2D eigenvalue weighted by Crippen LogP contribution is 2.13. The van der Waals surface area contributed by atoms with Crippen molar-refractivity contribution in [3.63, 3.8) is 0 Å². The lowest BCUT2D eigenvalue weighted by atomic mass is 10.1. The van der Waals surface area contributed by atoms with Gasteiger partial charge in [-0.15, -0.1) is 0 Å². The lowest BCUT2D eigenvalue weighted by molar-refractivity contribution is -0.123. The summed E-state index contributed by atoms with van der Waals surface area (Å²) in [6, 6.07) is -0.960. The fraction of sp³-hybridized carbons (Fsp3) is 0.654. The summed E-state index contributed by atoms with van der Waals surface area (Å²) in [7, 11) is 0. The van der Waals surface area contributed by atoms with Gasteiger partial charge in [0, 0.05) is 45.9 Å². The van der Waals surface area contributed by atoms with E-state index in [4.69, 9.17) is 36.1 Å². The maximum Gasteiger partial charge on any atom is 0.407 e. The Hall–Kier alpha value is -4.49. The van der Waals surface area contributed by atoms with Gasteiger partial charge < -0.3 is 62.7 Å². The van der Waals surface area contributed by atoms with Crippen LogP contribution in [0.5, 0.6) is 0 Å². The summed E-state index contributed by atoms with van der Waals surface area (Å²) in [4.78, 5) is 69.2. The molecule has 0 fully saturated rings. The molecule has 0 radical (unpaired) electrons. The largest absolute Gasteiger partial charge is 0.447 e. The number of aromatic nitrogens is 2. The van der Waals surface area contributed by atoms with Crippen molar-refractivity contribution in [1.82, 2.24) is 36.6 Å². The van der Waals surface area contributed by atoms with Crippen LogP contribution >= 0.6 is 0 Å². The van der Waals surface area contributed by atoms with Crippen molar-refractivity contribution in [3.8, 4) is 0 Å². The second-order valence-electron chi connectivity index (χ2n) is 9.07. The van der Waals surface area contributed by atoms with Gasteiger partial charge in [-0.05, 0) is 33.1 Å². The molecule has 1 rings (SSSR count). The number of ether oxygens (including phenoxy) is 4. The molecule has 5 amide bonds. The smallest absolute Gasteiger partial charge is 0.407 e. The van der Waals surface area contributed by atoms with Crippen LogP contribution in [0.2, 0.25) is 0 Å². The summed E-state index contributed by atoms with van der Waals surface area (Å²) >= 11 is 0. The summed E-state index contributed by atoms with van der Waals surface area (Å²) in [6.45, 7) is 5.90. The van der Waals surface area contributed by atoms with E-state index in [1.54, 1.807) is 6.92 Å². The molecule has 45 heavy (non-hydrogen) atoms. The monoisotopic (exact) mass is 642 g/mol. The minimum Gasteiger partial charge on any atom is -0.447 e. The molecule has 0 aliphatic rings. The van der Waals surface area contributed by atoms with Gasteiger partial charge in [0.15, 0.2) is 23.0 Å². The number of nitrogens with one attached hydrogen (secondary N) is 5. The maximum atomic E-state index is 12.9. The molecule has 19 nitrogen and oxygen atoms in total. The third-order valence-corrected chi connectivity index (χ3v) is 5.65. The Labute approximate surface area is 261 Å². The molecule has 0 aliphatic carbocycles. The van der Waals surface area contributed by atoms with Crippen molar-refractivity contribution in [3.05, 3.63) is 11.4 Å². The molecule has 11 N–H and O–H groups in total. The van der Waals surface area contributed by atoms with Crippen molar-refractivity contribution in [2.45, 2.75) is 39.2 Å². The van der Waals surface area contributed by atoms with Crippen LogP contribution in [0.3, 0.4) is 0 Å². The van der Waals surface area contributed by atoms with E-state index >= 15 is 0 Å². The summed E-state index contributed by atoms with van der Waals surface area (Å²) in [5.41, 5.74) is 16.4. The van der Waals surface area contributed by atoms with E-state index in [2.05, 4.69) is 36.6 Å². The molecule has 254 valence electrons. The molecule has 19 heteroatoms. The zero-order chi connectivity index (χ0) is 33.5. The molecular weight excluding hydrogens is 596 g/mol. The van der Waals surface area contributed by atoms with Gasteiger partial charge in [-0.3, -0.25) is 14.4 Å². The summed E-state index contributed by atoms with van der Waals surface area (Å²) in [5, 5.41) is 12.7. The number of hydrogen-bond acceptors (Lipinski definition) is 14. The Balaban J connectivity index is 2.60. The Bertz CT molecular complexity index is 1090. The Kier molecular flexibility index (Phi) is 19.7. The SMILES string of the molecule is CCOCCOC(=O)NCCCCC(NC(=O)OCCOCC)C(=O)NCCNC(=O)c1nc(N)c(C(=O)NCCN)nc1N. The number of rotatable bonds is 22. The Morgan fingerprint density at radius 1 is 0.689 bits per heavy atom. The van der Waals surface area contributed by atoms with Crippen LogP contribution in [0.4, 0.5) is 21.2 Å². The Morgan fingerprint density at radius 3 is 1.78 bits per heavy atom. The number of carbonyl (C=O) groups is 5. The zero-order valence-electron chi connectivity index (χ0n) is 25.8. The van der Waals surface area contributed by atoms with Crippen LogP contribution in [0.15, 0.2) is 0 Å². The fourth-order valence-corrected chi connectivity index (χ4v) is 3.48. The molecule has 1 aromatic rings.